The summed E-state index contributed by atoms with van der Waals surface area (Å²) in [4.78, 5) is 10.9. The molecule has 12 heavy (non-hydrogen) atoms. The Kier molecular flexibility index (Phi) is 1.95. The van der Waals surface area contributed by atoms with Gasteiger partial charge >= 0.3 is 5.97 Å². The van der Waals surface area contributed by atoms with Crippen molar-refractivity contribution in [1.82, 2.24) is 0 Å². The highest BCUT2D eigenvalue weighted by molar-refractivity contribution is 5.75. The average Bonchev–Trinajstić information content (AvgIpc) is 2.15. The van der Waals surface area contributed by atoms with Crippen molar-refractivity contribution in [2.24, 2.45) is 11.3 Å². The minimum absolute atomic E-state index is 0.178. The van der Waals surface area contributed by atoms with E-state index in [1.54, 1.807) is 20.8 Å². The molecule has 3 unspecified atom stereocenters. The summed E-state index contributed by atoms with van der Waals surface area (Å²) in [5.74, 6) is -0.977. The Morgan fingerprint density at radius 3 is 2.08 bits per heavy atom. The maximum atomic E-state index is 10.9. The summed E-state index contributed by atoms with van der Waals surface area (Å²) in [7, 11) is 0. The smallest absolute Gasteiger partial charge is 0.309 e. The van der Waals surface area contributed by atoms with Crippen LogP contribution in [0.25, 0.3) is 0 Å². The van der Waals surface area contributed by atoms with Gasteiger partial charge in [0, 0.05) is 5.92 Å². The van der Waals surface area contributed by atoms with Gasteiger partial charge in [-0.05, 0) is 26.7 Å². The second-order valence-corrected chi connectivity index (χ2v) is 4.30. The molecule has 0 saturated heterocycles. The third kappa shape index (κ3) is 1.12. The number of rotatable bonds is 1. The van der Waals surface area contributed by atoms with Gasteiger partial charge in [-0.15, -0.1) is 0 Å². The maximum absolute atomic E-state index is 10.9. The molecule has 1 fully saturated rings. The van der Waals surface area contributed by atoms with E-state index in [-0.39, 0.29) is 5.92 Å². The summed E-state index contributed by atoms with van der Waals surface area (Å²) in [5, 5.41) is 18.7. The zero-order valence-corrected chi connectivity index (χ0v) is 7.79. The molecule has 0 radical (unpaired) electrons. The lowest BCUT2D eigenvalue weighted by Crippen LogP contribution is -2.38. The normalized spacial score (nSPS) is 47.8. The van der Waals surface area contributed by atoms with Crippen LogP contribution in [0.2, 0.25) is 0 Å². The number of carboxylic acid groups (broad SMARTS) is 1. The molecule has 0 bridgehead atoms. The quantitative estimate of drug-likeness (QED) is 0.626. The SMILES string of the molecule is CC1C(C)(O)CCC1(C)C(=O)O. The lowest BCUT2D eigenvalue weighted by Gasteiger charge is -2.30. The first-order valence-corrected chi connectivity index (χ1v) is 4.26. The molecule has 0 spiro atoms. The van der Waals surface area contributed by atoms with Crippen LogP contribution in [0.5, 0.6) is 0 Å². The number of carboxylic acids is 1. The van der Waals surface area contributed by atoms with Crippen molar-refractivity contribution < 1.29 is 15.0 Å². The summed E-state index contributed by atoms with van der Waals surface area (Å²) in [5.41, 5.74) is -1.56. The molecule has 3 heteroatoms. The van der Waals surface area contributed by atoms with E-state index in [4.69, 9.17) is 5.11 Å². The topological polar surface area (TPSA) is 57.5 Å². The highest BCUT2D eigenvalue weighted by atomic mass is 16.4. The standard InChI is InChI=1S/C9H16O3/c1-6-8(2,7(10)11)4-5-9(6,3)12/h6,12H,4-5H2,1-3H3,(H,10,11). The van der Waals surface area contributed by atoms with Crippen LogP contribution in [0.1, 0.15) is 33.6 Å². The number of carbonyl (C=O) groups is 1. The van der Waals surface area contributed by atoms with E-state index in [0.29, 0.717) is 12.8 Å². The second kappa shape index (κ2) is 2.46. The van der Waals surface area contributed by atoms with Crippen molar-refractivity contribution in [3.8, 4) is 0 Å². The summed E-state index contributed by atoms with van der Waals surface area (Å²) in [6.07, 6.45) is 1.15. The number of aliphatic carboxylic acids is 1. The molecule has 3 atom stereocenters. The number of hydrogen-bond acceptors (Lipinski definition) is 2. The van der Waals surface area contributed by atoms with Gasteiger partial charge in [0.1, 0.15) is 0 Å². The molecular weight excluding hydrogens is 156 g/mol. The molecule has 1 aliphatic rings. The summed E-state index contributed by atoms with van der Waals surface area (Å²) in [6.45, 7) is 5.23. The predicted molar refractivity (Wildman–Crippen MR) is 44.8 cm³/mol. The van der Waals surface area contributed by atoms with Crippen LogP contribution in [-0.2, 0) is 4.79 Å². The fraction of sp³-hybridized carbons (Fsp3) is 0.889. The highest BCUT2D eigenvalue weighted by Crippen LogP contribution is 2.48. The Morgan fingerprint density at radius 2 is 1.92 bits per heavy atom. The molecule has 1 saturated carbocycles. The van der Waals surface area contributed by atoms with Crippen LogP contribution in [0.3, 0.4) is 0 Å². The van der Waals surface area contributed by atoms with Crippen LogP contribution in [0.15, 0.2) is 0 Å². The van der Waals surface area contributed by atoms with Gasteiger partial charge in [0.15, 0.2) is 0 Å². The summed E-state index contributed by atoms with van der Waals surface area (Å²) < 4.78 is 0. The van der Waals surface area contributed by atoms with Crippen LogP contribution in [-0.4, -0.2) is 21.8 Å². The van der Waals surface area contributed by atoms with Gasteiger partial charge in [0.2, 0.25) is 0 Å². The predicted octanol–water partition coefficient (Wildman–Crippen LogP) is 1.26. The van der Waals surface area contributed by atoms with E-state index in [2.05, 4.69) is 0 Å². The van der Waals surface area contributed by atoms with E-state index in [9.17, 15) is 9.90 Å². The Hall–Kier alpha value is -0.570. The fourth-order valence-electron chi connectivity index (χ4n) is 1.92. The van der Waals surface area contributed by atoms with Crippen molar-refractivity contribution in [3.05, 3.63) is 0 Å². The van der Waals surface area contributed by atoms with Crippen molar-refractivity contribution in [2.45, 2.75) is 39.2 Å². The molecule has 1 rings (SSSR count). The number of hydrogen-bond donors (Lipinski definition) is 2. The molecule has 0 heterocycles. The number of aliphatic hydroxyl groups is 1. The molecule has 0 amide bonds. The largest absolute Gasteiger partial charge is 0.481 e. The van der Waals surface area contributed by atoms with Gasteiger partial charge in [-0.1, -0.05) is 6.92 Å². The van der Waals surface area contributed by atoms with Gasteiger partial charge in [-0.2, -0.15) is 0 Å². The molecule has 0 aromatic rings. The average molecular weight is 172 g/mol. The third-order valence-corrected chi connectivity index (χ3v) is 3.53. The van der Waals surface area contributed by atoms with Gasteiger partial charge in [0.25, 0.3) is 0 Å². The first-order valence-electron chi connectivity index (χ1n) is 4.26. The fourth-order valence-corrected chi connectivity index (χ4v) is 1.92. The summed E-state index contributed by atoms with van der Waals surface area (Å²) >= 11 is 0. The first-order chi connectivity index (χ1) is 5.31. The van der Waals surface area contributed by atoms with Gasteiger partial charge in [-0.3, -0.25) is 4.79 Å². The van der Waals surface area contributed by atoms with E-state index in [1.165, 1.54) is 0 Å². The van der Waals surface area contributed by atoms with Gasteiger partial charge in [-0.25, -0.2) is 0 Å². The Morgan fingerprint density at radius 1 is 1.42 bits per heavy atom. The van der Waals surface area contributed by atoms with E-state index < -0.39 is 17.0 Å². The van der Waals surface area contributed by atoms with E-state index >= 15 is 0 Å². The molecule has 1 aliphatic carbocycles. The van der Waals surface area contributed by atoms with Crippen molar-refractivity contribution in [2.75, 3.05) is 0 Å². The van der Waals surface area contributed by atoms with E-state index in [0.717, 1.165) is 0 Å². The van der Waals surface area contributed by atoms with Crippen LogP contribution in [0, 0.1) is 11.3 Å². The maximum Gasteiger partial charge on any atom is 0.309 e. The lowest BCUT2D eigenvalue weighted by molar-refractivity contribution is -0.152. The van der Waals surface area contributed by atoms with Crippen molar-refractivity contribution >= 4 is 5.97 Å². The molecule has 2 N–H and O–H groups in total. The Labute approximate surface area is 72.4 Å². The monoisotopic (exact) mass is 172 g/mol. The molecule has 0 aromatic carbocycles. The van der Waals surface area contributed by atoms with Crippen LogP contribution >= 0.6 is 0 Å². The Balaban J connectivity index is 2.93. The van der Waals surface area contributed by atoms with Crippen molar-refractivity contribution in [1.29, 1.82) is 0 Å². The minimum Gasteiger partial charge on any atom is -0.481 e. The highest BCUT2D eigenvalue weighted by Gasteiger charge is 2.53. The molecule has 0 aromatic heterocycles. The minimum atomic E-state index is -0.812. The molecule has 70 valence electrons. The molecule has 3 nitrogen and oxygen atoms in total. The van der Waals surface area contributed by atoms with Crippen molar-refractivity contribution in [3.63, 3.8) is 0 Å². The van der Waals surface area contributed by atoms with Gasteiger partial charge in [0.05, 0.1) is 11.0 Å². The van der Waals surface area contributed by atoms with Gasteiger partial charge < -0.3 is 10.2 Å². The Bertz CT molecular complexity index is 210. The third-order valence-electron chi connectivity index (χ3n) is 3.53. The zero-order valence-electron chi connectivity index (χ0n) is 7.79. The first kappa shape index (κ1) is 9.52. The zero-order chi connectivity index (χ0) is 9.57. The molecule has 0 aliphatic heterocycles. The second-order valence-electron chi connectivity index (χ2n) is 4.30. The van der Waals surface area contributed by atoms with Crippen LogP contribution < -0.4 is 0 Å². The van der Waals surface area contributed by atoms with Crippen LogP contribution in [0.4, 0.5) is 0 Å². The molecular formula is C9H16O3. The summed E-state index contributed by atoms with van der Waals surface area (Å²) in [6, 6.07) is 0. The van der Waals surface area contributed by atoms with E-state index in [1.807, 2.05) is 0 Å². The lowest BCUT2D eigenvalue weighted by atomic mass is 9.77.